The van der Waals surface area contributed by atoms with Crippen molar-refractivity contribution in [1.29, 1.82) is 0 Å². The second kappa shape index (κ2) is 4.45. The zero-order chi connectivity index (χ0) is 9.90. The summed E-state index contributed by atoms with van der Waals surface area (Å²) in [5.41, 5.74) is 6.68. The van der Waals surface area contributed by atoms with Crippen LogP contribution in [0.5, 0.6) is 0 Å². The average molecular weight is 183 g/mol. The Morgan fingerprint density at radius 1 is 1.46 bits per heavy atom. The highest BCUT2D eigenvalue weighted by Gasteiger charge is 2.38. The molecule has 1 nitrogen and oxygen atoms in total. The van der Waals surface area contributed by atoms with Crippen LogP contribution in [0.25, 0.3) is 0 Å². The summed E-state index contributed by atoms with van der Waals surface area (Å²) in [5, 5.41) is 0. The highest BCUT2D eigenvalue weighted by molar-refractivity contribution is 4.95. The van der Waals surface area contributed by atoms with Crippen molar-refractivity contribution in [1.82, 2.24) is 0 Å². The van der Waals surface area contributed by atoms with Crippen LogP contribution in [0.15, 0.2) is 0 Å². The van der Waals surface area contributed by atoms with Gasteiger partial charge in [-0.1, -0.05) is 40.0 Å². The third-order valence-corrected chi connectivity index (χ3v) is 4.05. The van der Waals surface area contributed by atoms with E-state index in [1.54, 1.807) is 0 Å². The lowest BCUT2D eigenvalue weighted by Gasteiger charge is -2.44. The van der Waals surface area contributed by atoms with Gasteiger partial charge in [0, 0.05) is 5.54 Å². The van der Waals surface area contributed by atoms with E-state index in [4.69, 9.17) is 5.73 Å². The largest absolute Gasteiger partial charge is 0.325 e. The third-order valence-electron chi connectivity index (χ3n) is 4.05. The van der Waals surface area contributed by atoms with Crippen LogP contribution in [-0.4, -0.2) is 5.54 Å². The SMILES string of the molecule is CCCC(C)C1(N)CCCCC1C. The van der Waals surface area contributed by atoms with Gasteiger partial charge < -0.3 is 5.73 Å². The van der Waals surface area contributed by atoms with Crippen LogP contribution in [0.4, 0.5) is 0 Å². The molecule has 1 fully saturated rings. The Kier molecular flexibility index (Phi) is 3.78. The van der Waals surface area contributed by atoms with E-state index in [1.165, 1.54) is 38.5 Å². The summed E-state index contributed by atoms with van der Waals surface area (Å²) in [4.78, 5) is 0. The normalized spacial score (nSPS) is 37.4. The molecule has 2 N–H and O–H groups in total. The van der Waals surface area contributed by atoms with Crippen molar-refractivity contribution < 1.29 is 0 Å². The molecule has 0 radical (unpaired) electrons. The van der Waals surface area contributed by atoms with Gasteiger partial charge in [-0.05, 0) is 31.1 Å². The van der Waals surface area contributed by atoms with E-state index >= 15 is 0 Å². The standard InChI is InChI=1S/C12H25N/c1-4-7-10(2)12(13)9-6-5-8-11(12)3/h10-11H,4-9,13H2,1-3H3. The molecule has 0 aliphatic heterocycles. The van der Waals surface area contributed by atoms with E-state index in [0.29, 0.717) is 5.92 Å². The molecule has 1 aliphatic rings. The molecule has 0 heterocycles. The zero-order valence-electron chi connectivity index (χ0n) is 9.47. The quantitative estimate of drug-likeness (QED) is 0.713. The fourth-order valence-electron chi connectivity index (χ4n) is 2.83. The van der Waals surface area contributed by atoms with Crippen LogP contribution in [0.1, 0.15) is 59.3 Å². The molecule has 1 aliphatic carbocycles. The zero-order valence-corrected chi connectivity index (χ0v) is 9.47. The molecule has 0 amide bonds. The van der Waals surface area contributed by atoms with E-state index in [9.17, 15) is 0 Å². The van der Waals surface area contributed by atoms with Gasteiger partial charge in [0.05, 0.1) is 0 Å². The highest BCUT2D eigenvalue weighted by atomic mass is 14.8. The Labute approximate surface area is 83.1 Å². The van der Waals surface area contributed by atoms with Gasteiger partial charge in [-0.15, -0.1) is 0 Å². The Morgan fingerprint density at radius 3 is 2.69 bits per heavy atom. The Bertz CT molecular complexity index is 155. The van der Waals surface area contributed by atoms with E-state index < -0.39 is 0 Å². The van der Waals surface area contributed by atoms with Gasteiger partial charge in [0.15, 0.2) is 0 Å². The lowest BCUT2D eigenvalue weighted by Crippen LogP contribution is -2.53. The molecular weight excluding hydrogens is 158 g/mol. The van der Waals surface area contributed by atoms with Gasteiger partial charge in [0.25, 0.3) is 0 Å². The van der Waals surface area contributed by atoms with Gasteiger partial charge >= 0.3 is 0 Å². The summed E-state index contributed by atoms with van der Waals surface area (Å²) in [7, 11) is 0. The smallest absolute Gasteiger partial charge is 0.0206 e. The molecule has 1 saturated carbocycles. The average Bonchev–Trinajstić information content (AvgIpc) is 2.11. The van der Waals surface area contributed by atoms with Crippen molar-refractivity contribution in [3.63, 3.8) is 0 Å². The first-order valence-electron chi connectivity index (χ1n) is 5.90. The minimum Gasteiger partial charge on any atom is -0.325 e. The molecule has 13 heavy (non-hydrogen) atoms. The van der Waals surface area contributed by atoms with Crippen LogP contribution in [-0.2, 0) is 0 Å². The van der Waals surface area contributed by atoms with Crippen LogP contribution < -0.4 is 5.73 Å². The number of nitrogens with two attached hydrogens (primary N) is 1. The molecule has 1 rings (SSSR count). The first-order chi connectivity index (χ1) is 6.11. The first-order valence-corrected chi connectivity index (χ1v) is 5.90. The summed E-state index contributed by atoms with van der Waals surface area (Å²) in [6.45, 7) is 6.93. The molecule has 0 aromatic rings. The molecule has 0 bridgehead atoms. The predicted octanol–water partition coefficient (Wildman–Crippen LogP) is 3.33. The minimum atomic E-state index is 0.147. The van der Waals surface area contributed by atoms with E-state index in [-0.39, 0.29) is 5.54 Å². The molecule has 0 aromatic heterocycles. The number of hydrogen-bond acceptors (Lipinski definition) is 1. The molecule has 0 spiro atoms. The molecule has 3 unspecified atom stereocenters. The van der Waals surface area contributed by atoms with Gasteiger partial charge in [0.1, 0.15) is 0 Å². The first kappa shape index (κ1) is 11.0. The maximum Gasteiger partial charge on any atom is 0.0206 e. The Hall–Kier alpha value is -0.0400. The minimum absolute atomic E-state index is 0.147. The summed E-state index contributed by atoms with van der Waals surface area (Å²) in [6.07, 6.45) is 7.88. The molecule has 3 atom stereocenters. The highest BCUT2D eigenvalue weighted by Crippen LogP contribution is 2.38. The lowest BCUT2D eigenvalue weighted by molar-refractivity contribution is 0.131. The van der Waals surface area contributed by atoms with Crippen molar-refractivity contribution in [3.05, 3.63) is 0 Å². The maximum atomic E-state index is 6.53. The van der Waals surface area contributed by atoms with Crippen molar-refractivity contribution in [3.8, 4) is 0 Å². The van der Waals surface area contributed by atoms with E-state index in [2.05, 4.69) is 20.8 Å². The summed E-state index contributed by atoms with van der Waals surface area (Å²) >= 11 is 0. The van der Waals surface area contributed by atoms with Gasteiger partial charge in [-0.2, -0.15) is 0 Å². The van der Waals surface area contributed by atoms with Crippen molar-refractivity contribution >= 4 is 0 Å². The number of rotatable bonds is 3. The lowest BCUT2D eigenvalue weighted by atomic mass is 9.66. The van der Waals surface area contributed by atoms with Crippen LogP contribution in [0, 0.1) is 11.8 Å². The summed E-state index contributed by atoms with van der Waals surface area (Å²) in [5.74, 6) is 1.43. The Morgan fingerprint density at radius 2 is 2.15 bits per heavy atom. The fourth-order valence-corrected chi connectivity index (χ4v) is 2.83. The monoisotopic (exact) mass is 183 g/mol. The maximum absolute atomic E-state index is 6.53. The van der Waals surface area contributed by atoms with E-state index in [0.717, 1.165) is 5.92 Å². The molecular formula is C12H25N. The second-order valence-electron chi connectivity index (χ2n) is 4.95. The molecule has 1 heteroatoms. The van der Waals surface area contributed by atoms with Gasteiger partial charge in [-0.3, -0.25) is 0 Å². The Balaban J connectivity index is 2.59. The fraction of sp³-hybridized carbons (Fsp3) is 1.00. The second-order valence-corrected chi connectivity index (χ2v) is 4.95. The van der Waals surface area contributed by atoms with Crippen molar-refractivity contribution in [2.24, 2.45) is 17.6 Å². The number of hydrogen-bond donors (Lipinski definition) is 1. The van der Waals surface area contributed by atoms with Crippen LogP contribution in [0.2, 0.25) is 0 Å². The van der Waals surface area contributed by atoms with Crippen LogP contribution in [0.3, 0.4) is 0 Å². The van der Waals surface area contributed by atoms with E-state index in [1.807, 2.05) is 0 Å². The summed E-state index contributed by atoms with van der Waals surface area (Å²) < 4.78 is 0. The van der Waals surface area contributed by atoms with Gasteiger partial charge in [0.2, 0.25) is 0 Å². The molecule has 78 valence electrons. The van der Waals surface area contributed by atoms with Gasteiger partial charge in [-0.25, -0.2) is 0 Å². The third kappa shape index (κ3) is 2.25. The summed E-state index contributed by atoms with van der Waals surface area (Å²) in [6, 6.07) is 0. The molecule has 0 aromatic carbocycles. The topological polar surface area (TPSA) is 26.0 Å². The van der Waals surface area contributed by atoms with Crippen LogP contribution >= 0.6 is 0 Å². The predicted molar refractivity (Wildman–Crippen MR) is 58.6 cm³/mol. The van der Waals surface area contributed by atoms with Crippen molar-refractivity contribution in [2.75, 3.05) is 0 Å². The van der Waals surface area contributed by atoms with Crippen molar-refractivity contribution in [2.45, 2.75) is 64.8 Å². The molecule has 0 saturated heterocycles.